The molecule has 0 aliphatic carbocycles. The van der Waals surface area contributed by atoms with Gasteiger partial charge in [0, 0.05) is 0 Å². The lowest BCUT2D eigenvalue weighted by molar-refractivity contribution is 0.143. The molecule has 3 heteroatoms. The molecular formula is C3H9NOS. The first kappa shape index (κ1) is 6.27. The monoisotopic (exact) mass is 107 g/mol. The fourth-order valence-electron chi connectivity index (χ4n) is 0. The maximum absolute atomic E-state index is 8.47. The second-order valence-corrected chi connectivity index (χ2v) is 2.01. The van der Waals surface area contributed by atoms with Gasteiger partial charge in [-0.2, -0.15) is 0 Å². The van der Waals surface area contributed by atoms with Crippen LogP contribution in [0.2, 0.25) is 0 Å². The van der Waals surface area contributed by atoms with Gasteiger partial charge in [-0.3, -0.25) is 5.73 Å². The molecule has 0 saturated carbocycles. The van der Waals surface area contributed by atoms with Crippen molar-refractivity contribution in [3.05, 3.63) is 0 Å². The van der Waals surface area contributed by atoms with Gasteiger partial charge in [0.05, 0.1) is 0 Å². The maximum atomic E-state index is 8.47. The molecule has 1 unspecified atom stereocenters. The average molecular weight is 107 g/mol. The van der Waals surface area contributed by atoms with Crippen molar-refractivity contribution >= 4 is 12.6 Å². The summed E-state index contributed by atoms with van der Waals surface area (Å²) < 4.78 is 0. The molecule has 0 radical (unpaired) electrons. The number of thiol groups is 1. The summed E-state index contributed by atoms with van der Waals surface area (Å²) in [6, 6.07) is 0. The second-order valence-electron chi connectivity index (χ2n) is 1.23. The van der Waals surface area contributed by atoms with Crippen molar-refractivity contribution in [2.75, 3.05) is 0 Å². The van der Waals surface area contributed by atoms with Gasteiger partial charge >= 0.3 is 0 Å². The van der Waals surface area contributed by atoms with Crippen LogP contribution >= 0.6 is 12.6 Å². The maximum Gasteiger partial charge on any atom is 0.158 e. The lowest BCUT2D eigenvalue weighted by Crippen LogP contribution is -2.30. The molecule has 0 heterocycles. The summed E-state index contributed by atoms with van der Waals surface area (Å²) in [6.45, 7) is 1.76. The van der Waals surface area contributed by atoms with Gasteiger partial charge < -0.3 is 5.11 Å². The van der Waals surface area contributed by atoms with Gasteiger partial charge in [-0.15, -0.1) is 12.6 Å². The highest BCUT2D eigenvalue weighted by molar-refractivity contribution is 7.81. The van der Waals surface area contributed by atoms with Crippen LogP contribution in [0.25, 0.3) is 0 Å². The van der Waals surface area contributed by atoms with Crippen molar-refractivity contribution in [2.24, 2.45) is 5.73 Å². The number of nitrogens with two attached hydrogens (primary N) is 1. The van der Waals surface area contributed by atoms with E-state index in [-0.39, 0.29) is 0 Å². The van der Waals surface area contributed by atoms with Gasteiger partial charge in [-0.1, -0.05) is 6.92 Å². The Kier molecular flexibility index (Phi) is 1.90. The van der Waals surface area contributed by atoms with E-state index in [2.05, 4.69) is 12.6 Å². The van der Waals surface area contributed by atoms with Crippen molar-refractivity contribution < 1.29 is 5.11 Å². The molecule has 0 aromatic carbocycles. The minimum Gasteiger partial charge on any atom is -0.367 e. The van der Waals surface area contributed by atoms with Crippen LogP contribution in [0.15, 0.2) is 0 Å². The zero-order valence-corrected chi connectivity index (χ0v) is 4.57. The van der Waals surface area contributed by atoms with Gasteiger partial charge in [0.25, 0.3) is 0 Å². The van der Waals surface area contributed by atoms with Crippen LogP contribution in [-0.2, 0) is 0 Å². The van der Waals surface area contributed by atoms with Crippen LogP contribution in [-0.4, -0.2) is 10.2 Å². The smallest absolute Gasteiger partial charge is 0.158 e. The summed E-state index contributed by atoms with van der Waals surface area (Å²) in [5, 5.41) is 7.20. The van der Waals surface area contributed by atoms with E-state index in [9.17, 15) is 0 Å². The first-order chi connectivity index (χ1) is 2.56. The summed E-state index contributed by atoms with van der Waals surface area (Å²) in [4.78, 5) is 0. The van der Waals surface area contributed by atoms with E-state index in [4.69, 9.17) is 10.8 Å². The second kappa shape index (κ2) is 1.82. The fraction of sp³-hybridized carbons (Fsp3) is 1.00. The predicted octanol–water partition coefficient (Wildman–Crippen LogP) is -0.0690. The Labute approximate surface area is 42.8 Å². The molecule has 0 aliphatic rings. The van der Waals surface area contributed by atoms with Crippen LogP contribution in [0.4, 0.5) is 0 Å². The molecule has 0 bridgehead atoms. The van der Waals surface area contributed by atoms with E-state index < -0.39 is 5.06 Å². The SMILES string of the molecule is CCC(N)(O)S. The Hall–Kier alpha value is 0.270. The third-order valence-corrected chi connectivity index (χ3v) is 0.837. The van der Waals surface area contributed by atoms with Crippen LogP contribution in [0, 0.1) is 0 Å². The van der Waals surface area contributed by atoms with Gasteiger partial charge in [0.15, 0.2) is 5.06 Å². The van der Waals surface area contributed by atoms with Crippen LogP contribution < -0.4 is 5.73 Å². The first-order valence-electron chi connectivity index (χ1n) is 1.80. The Morgan fingerprint density at radius 3 is 2.17 bits per heavy atom. The lowest BCUT2D eigenvalue weighted by atomic mass is 10.4. The Morgan fingerprint density at radius 1 is 2.00 bits per heavy atom. The van der Waals surface area contributed by atoms with E-state index in [1.54, 1.807) is 6.92 Å². The normalized spacial score (nSPS) is 20.0. The molecule has 2 nitrogen and oxygen atoms in total. The molecule has 0 fully saturated rings. The van der Waals surface area contributed by atoms with Crippen molar-refractivity contribution in [1.82, 2.24) is 0 Å². The fourth-order valence-corrected chi connectivity index (χ4v) is 0. The molecule has 0 saturated heterocycles. The molecule has 0 amide bonds. The number of aliphatic hydroxyl groups is 1. The van der Waals surface area contributed by atoms with Crippen molar-refractivity contribution in [1.29, 1.82) is 0 Å². The summed E-state index contributed by atoms with van der Waals surface area (Å²) in [5.74, 6) is 0. The Balaban J connectivity index is 3.17. The molecule has 6 heavy (non-hydrogen) atoms. The molecule has 1 atom stereocenters. The molecule has 0 spiro atoms. The third-order valence-electron chi connectivity index (χ3n) is 0.520. The number of hydrogen-bond donors (Lipinski definition) is 3. The molecule has 0 aromatic rings. The predicted molar refractivity (Wildman–Crippen MR) is 28.4 cm³/mol. The first-order valence-corrected chi connectivity index (χ1v) is 2.24. The molecule has 0 aliphatic heterocycles. The van der Waals surface area contributed by atoms with E-state index in [0.717, 1.165) is 0 Å². The minimum atomic E-state index is -1.26. The Morgan fingerprint density at radius 2 is 2.17 bits per heavy atom. The Bertz CT molecular complexity index is 40.5. The van der Waals surface area contributed by atoms with Gasteiger partial charge in [0.2, 0.25) is 0 Å². The van der Waals surface area contributed by atoms with E-state index in [1.165, 1.54) is 0 Å². The minimum absolute atomic E-state index is 0.468. The molecule has 0 aromatic heterocycles. The van der Waals surface area contributed by atoms with Crippen molar-refractivity contribution in [2.45, 2.75) is 18.4 Å². The van der Waals surface area contributed by atoms with Gasteiger partial charge in [-0.05, 0) is 6.42 Å². The standard InChI is InChI=1S/C3H9NOS/c1-2-3(4,5)6/h5-6H,2,4H2,1H3. The van der Waals surface area contributed by atoms with Gasteiger partial charge in [-0.25, -0.2) is 0 Å². The van der Waals surface area contributed by atoms with Crippen molar-refractivity contribution in [3.63, 3.8) is 0 Å². The highest BCUT2D eigenvalue weighted by Gasteiger charge is 2.07. The highest BCUT2D eigenvalue weighted by Crippen LogP contribution is 2.03. The zero-order chi connectivity index (χ0) is 5.21. The van der Waals surface area contributed by atoms with E-state index in [0.29, 0.717) is 6.42 Å². The molecule has 38 valence electrons. The number of rotatable bonds is 1. The third kappa shape index (κ3) is 4.27. The zero-order valence-electron chi connectivity index (χ0n) is 3.68. The summed E-state index contributed by atoms with van der Waals surface area (Å²) in [5.41, 5.74) is 4.95. The van der Waals surface area contributed by atoms with Gasteiger partial charge in [0.1, 0.15) is 0 Å². The molecule has 3 N–H and O–H groups in total. The molecule has 0 rings (SSSR count). The van der Waals surface area contributed by atoms with E-state index in [1.807, 2.05) is 0 Å². The lowest BCUT2D eigenvalue weighted by Gasteiger charge is -2.10. The summed E-state index contributed by atoms with van der Waals surface area (Å²) in [6.07, 6.45) is 0.468. The van der Waals surface area contributed by atoms with Crippen molar-refractivity contribution in [3.8, 4) is 0 Å². The average Bonchev–Trinajstić information content (AvgIpc) is 1.35. The number of hydrogen-bond acceptors (Lipinski definition) is 3. The quantitative estimate of drug-likeness (QED) is 0.324. The van der Waals surface area contributed by atoms with Crippen LogP contribution in [0.5, 0.6) is 0 Å². The van der Waals surface area contributed by atoms with Crippen LogP contribution in [0.3, 0.4) is 0 Å². The largest absolute Gasteiger partial charge is 0.367 e. The molecular weight excluding hydrogens is 98.1 g/mol. The van der Waals surface area contributed by atoms with E-state index >= 15 is 0 Å². The topological polar surface area (TPSA) is 46.2 Å². The summed E-state index contributed by atoms with van der Waals surface area (Å²) >= 11 is 3.59. The van der Waals surface area contributed by atoms with Crippen LogP contribution in [0.1, 0.15) is 13.3 Å². The summed E-state index contributed by atoms with van der Waals surface area (Å²) in [7, 11) is 0. The highest BCUT2D eigenvalue weighted by atomic mass is 32.1.